The maximum absolute atomic E-state index is 12.7. The highest BCUT2D eigenvalue weighted by Gasteiger charge is 2.26. The average Bonchev–Trinajstić information content (AvgIpc) is 3.28. The topological polar surface area (TPSA) is 76.6 Å². The number of nitrogens with zero attached hydrogens (tertiary/aromatic N) is 3. The van der Waals surface area contributed by atoms with E-state index in [9.17, 15) is 4.79 Å². The fourth-order valence-electron chi connectivity index (χ4n) is 3.72. The summed E-state index contributed by atoms with van der Waals surface area (Å²) in [5, 5.41) is 14.3. The number of carbonyl (C=O) groups excluding carboxylic acids is 1. The van der Waals surface area contributed by atoms with Crippen molar-refractivity contribution < 1.29 is 14.3 Å². The van der Waals surface area contributed by atoms with Gasteiger partial charge in [-0.15, -0.1) is 21.5 Å². The van der Waals surface area contributed by atoms with E-state index < -0.39 is 0 Å². The first kappa shape index (κ1) is 22.4. The highest BCUT2D eigenvalue weighted by molar-refractivity contribution is 7.11. The lowest BCUT2D eigenvalue weighted by atomic mass is 9.98. The van der Waals surface area contributed by atoms with E-state index in [-0.39, 0.29) is 6.03 Å². The van der Waals surface area contributed by atoms with Crippen LogP contribution in [0.2, 0.25) is 5.02 Å². The molecule has 9 heteroatoms. The molecule has 0 saturated carbocycles. The summed E-state index contributed by atoms with van der Waals surface area (Å²) in [6.07, 6.45) is 2.47. The molecule has 2 heterocycles. The molecule has 3 aromatic rings. The Balaban J connectivity index is 1.32. The molecule has 0 spiro atoms. The van der Waals surface area contributed by atoms with Crippen molar-refractivity contribution in [2.75, 3.05) is 32.6 Å². The number of amides is 2. The first-order chi connectivity index (χ1) is 15.6. The lowest BCUT2D eigenvalue weighted by Crippen LogP contribution is -2.40. The Morgan fingerprint density at radius 3 is 2.56 bits per heavy atom. The van der Waals surface area contributed by atoms with Crippen molar-refractivity contribution in [2.24, 2.45) is 0 Å². The Morgan fingerprint density at radius 1 is 1.12 bits per heavy atom. The van der Waals surface area contributed by atoms with Gasteiger partial charge in [0.25, 0.3) is 0 Å². The molecule has 0 atom stereocenters. The number of halogens is 1. The zero-order chi connectivity index (χ0) is 22.5. The molecule has 0 unspecified atom stereocenters. The predicted octanol–water partition coefficient (Wildman–Crippen LogP) is 5.21. The van der Waals surface area contributed by atoms with Crippen molar-refractivity contribution in [1.82, 2.24) is 15.1 Å². The summed E-state index contributed by atoms with van der Waals surface area (Å²) < 4.78 is 10.5. The van der Waals surface area contributed by atoms with Crippen LogP contribution < -0.4 is 14.8 Å². The fraction of sp³-hybridized carbons (Fsp3) is 0.348. The van der Waals surface area contributed by atoms with Crippen LogP contribution in [0.4, 0.5) is 10.5 Å². The second-order valence-corrected chi connectivity index (χ2v) is 9.13. The highest BCUT2D eigenvalue weighted by Crippen LogP contribution is 2.32. The molecule has 0 bridgehead atoms. The van der Waals surface area contributed by atoms with Crippen molar-refractivity contribution >= 4 is 34.7 Å². The summed E-state index contributed by atoms with van der Waals surface area (Å²) >= 11 is 7.72. The van der Waals surface area contributed by atoms with Crippen LogP contribution in [0.1, 0.15) is 34.3 Å². The number of likely N-dealkylation sites (tertiary alicyclic amines) is 1. The Kier molecular flexibility index (Phi) is 7.12. The van der Waals surface area contributed by atoms with Gasteiger partial charge in [0.05, 0.1) is 19.9 Å². The highest BCUT2D eigenvalue weighted by atomic mass is 35.5. The molecule has 2 amide bonds. The maximum Gasteiger partial charge on any atom is 0.321 e. The third-order valence-electron chi connectivity index (χ3n) is 5.53. The van der Waals surface area contributed by atoms with Gasteiger partial charge in [-0.2, -0.15) is 0 Å². The molecule has 7 nitrogen and oxygen atoms in total. The number of hydrogen-bond donors (Lipinski definition) is 1. The van der Waals surface area contributed by atoms with E-state index in [2.05, 4.69) is 15.5 Å². The second-order valence-electron chi connectivity index (χ2n) is 7.59. The van der Waals surface area contributed by atoms with Gasteiger partial charge in [0, 0.05) is 30.5 Å². The van der Waals surface area contributed by atoms with E-state index in [1.807, 2.05) is 29.2 Å². The van der Waals surface area contributed by atoms with Crippen LogP contribution in [0.25, 0.3) is 0 Å². The molecular weight excluding hydrogens is 448 g/mol. The summed E-state index contributed by atoms with van der Waals surface area (Å²) in [6, 6.07) is 13.0. The van der Waals surface area contributed by atoms with Crippen molar-refractivity contribution in [1.29, 1.82) is 0 Å². The first-order valence-electron chi connectivity index (χ1n) is 10.4. The van der Waals surface area contributed by atoms with Gasteiger partial charge in [-0.1, -0.05) is 23.7 Å². The Morgan fingerprint density at radius 2 is 1.88 bits per heavy atom. The monoisotopic (exact) mass is 472 g/mol. The summed E-state index contributed by atoms with van der Waals surface area (Å²) in [6.45, 7) is 1.32. The molecule has 1 aromatic heterocycles. The Bertz CT molecular complexity index is 1070. The molecule has 1 saturated heterocycles. The van der Waals surface area contributed by atoms with E-state index in [4.69, 9.17) is 21.1 Å². The van der Waals surface area contributed by atoms with Gasteiger partial charge >= 0.3 is 6.03 Å². The van der Waals surface area contributed by atoms with Gasteiger partial charge in [0.15, 0.2) is 0 Å². The van der Waals surface area contributed by atoms with Crippen LogP contribution in [0, 0.1) is 0 Å². The summed E-state index contributed by atoms with van der Waals surface area (Å²) in [5.41, 5.74) is 1.75. The number of anilines is 1. The number of carbonyl (C=O) groups is 1. The van der Waals surface area contributed by atoms with E-state index in [1.54, 1.807) is 43.8 Å². The molecule has 2 aromatic carbocycles. The minimum atomic E-state index is -0.151. The van der Waals surface area contributed by atoms with Crippen molar-refractivity contribution in [3.8, 4) is 11.5 Å². The third-order valence-corrected chi connectivity index (χ3v) is 6.85. The molecule has 168 valence electrons. The van der Waals surface area contributed by atoms with Crippen LogP contribution in [0.5, 0.6) is 11.5 Å². The van der Waals surface area contributed by atoms with E-state index in [0.29, 0.717) is 35.5 Å². The quantitative estimate of drug-likeness (QED) is 0.532. The van der Waals surface area contributed by atoms with Crippen LogP contribution in [-0.4, -0.2) is 48.4 Å². The number of piperidine rings is 1. The third kappa shape index (κ3) is 5.31. The van der Waals surface area contributed by atoms with Gasteiger partial charge < -0.3 is 19.7 Å². The smallest absolute Gasteiger partial charge is 0.321 e. The van der Waals surface area contributed by atoms with Crippen molar-refractivity contribution in [2.45, 2.75) is 25.2 Å². The van der Waals surface area contributed by atoms with E-state index in [0.717, 1.165) is 35.0 Å². The molecule has 4 rings (SSSR count). The second kappa shape index (κ2) is 10.2. The zero-order valence-corrected chi connectivity index (χ0v) is 19.6. The standard InChI is InChI=1S/C23H25ClN4O3S/c1-30-18-6-3-15(4-7-18)13-21-26-27-22(32-21)16-9-11-28(12-10-16)23(29)25-19-14-17(24)5-8-20(19)31-2/h3-8,14,16H,9-13H2,1-2H3,(H,25,29). The van der Waals surface area contributed by atoms with Gasteiger partial charge in [-0.05, 0) is 48.7 Å². The fourth-order valence-corrected chi connectivity index (χ4v) is 4.94. The van der Waals surface area contributed by atoms with Crippen LogP contribution >= 0.6 is 22.9 Å². The van der Waals surface area contributed by atoms with Gasteiger partial charge in [-0.25, -0.2) is 4.79 Å². The van der Waals surface area contributed by atoms with Crippen molar-refractivity contribution in [3.63, 3.8) is 0 Å². The molecule has 1 aliphatic rings. The molecule has 0 radical (unpaired) electrons. The average molecular weight is 473 g/mol. The number of aromatic nitrogens is 2. The summed E-state index contributed by atoms with van der Waals surface area (Å²) in [5.74, 6) is 1.74. The number of rotatable bonds is 6. The Labute approximate surface area is 196 Å². The number of urea groups is 1. The molecule has 1 N–H and O–H groups in total. The number of hydrogen-bond acceptors (Lipinski definition) is 6. The van der Waals surface area contributed by atoms with Crippen LogP contribution in [-0.2, 0) is 6.42 Å². The van der Waals surface area contributed by atoms with Gasteiger partial charge in [-0.3, -0.25) is 0 Å². The Hall–Kier alpha value is -2.84. The number of benzene rings is 2. The maximum atomic E-state index is 12.7. The summed E-state index contributed by atoms with van der Waals surface area (Å²) in [4.78, 5) is 14.5. The van der Waals surface area contributed by atoms with Gasteiger partial charge in [0.1, 0.15) is 21.5 Å². The van der Waals surface area contributed by atoms with Gasteiger partial charge in [0.2, 0.25) is 0 Å². The molecule has 0 aliphatic carbocycles. The minimum absolute atomic E-state index is 0.151. The molecule has 32 heavy (non-hydrogen) atoms. The van der Waals surface area contributed by atoms with Crippen LogP contribution in [0.3, 0.4) is 0 Å². The normalized spacial score (nSPS) is 14.3. The van der Waals surface area contributed by atoms with E-state index >= 15 is 0 Å². The first-order valence-corrected chi connectivity index (χ1v) is 11.6. The summed E-state index contributed by atoms with van der Waals surface area (Å²) in [7, 11) is 3.23. The van der Waals surface area contributed by atoms with E-state index in [1.165, 1.54) is 5.56 Å². The largest absolute Gasteiger partial charge is 0.497 e. The lowest BCUT2D eigenvalue weighted by molar-refractivity contribution is 0.194. The predicted molar refractivity (Wildman–Crippen MR) is 126 cm³/mol. The lowest BCUT2D eigenvalue weighted by Gasteiger charge is -2.31. The number of ether oxygens (including phenoxy) is 2. The number of nitrogens with one attached hydrogen (secondary N) is 1. The zero-order valence-electron chi connectivity index (χ0n) is 18.0. The molecule has 1 aliphatic heterocycles. The number of methoxy groups -OCH3 is 2. The van der Waals surface area contributed by atoms with Crippen molar-refractivity contribution in [3.05, 3.63) is 63.1 Å². The van der Waals surface area contributed by atoms with Crippen LogP contribution in [0.15, 0.2) is 42.5 Å². The molecular formula is C23H25ClN4O3S. The molecule has 1 fully saturated rings. The minimum Gasteiger partial charge on any atom is -0.497 e. The SMILES string of the molecule is COc1ccc(Cc2nnc(C3CCN(C(=O)Nc4cc(Cl)ccc4OC)CC3)s2)cc1.